The Hall–Kier alpha value is -0.640. The van der Waals surface area contributed by atoms with Gasteiger partial charge in [0.05, 0.1) is 0 Å². The van der Waals surface area contributed by atoms with Gasteiger partial charge in [0.1, 0.15) is 5.82 Å². The smallest absolute Gasteiger partial charge is 0.129 e. The van der Waals surface area contributed by atoms with Crippen LogP contribution in [0.15, 0.2) is 18.2 Å². The van der Waals surface area contributed by atoms with Gasteiger partial charge in [0.25, 0.3) is 0 Å². The molecule has 1 N–H and O–H groups in total. The predicted molar refractivity (Wildman–Crippen MR) is 78.0 cm³/mol. The Balaban J connectivity index is 2.04. The zero-order chi connectivity index (χ0) is 13.7. The van der Waals surface area contributed by atoms with Crippen LogP contribution in [-0.2, 0) is 6.54 Å². The molecular weight excluding hydrogens is 263 g/mol. The van der Waals surface area contributed by atoms with E-state index in [1.807, 2.05) is 0 Å². The van der Waals surface area contributed by atoms with Gasteiger partial charge in [0, 0.05) is 23.2 Å². The Morgan fingerprint density at radius 1 is 1.37 bits per heavy atom. The first-order chi connectivity index (χ1) is 9.20. The van der Waals surface area contributed by atoms with Crippen LogP contribution >= 0.6 is 11.6 Å². The number of hydrogen-bond acceptors (Lipinski definition) is 2. The summed E-state index contributed by atoms with van der Waals surface area (Å²) in [6.07, 6.45) is 3.53. The van der Waals surface area contributed by atoms with Crippen molar-refractivity contribution >= 4 is 11.6 Å². The summed E-state index contributed by atoms with van der Waals surface area (Å²) in [4.78, 5) is 2.37. The van der Waals surface area contributed by atoms with Crippen LogP contribution in [0, 0.1) is 5.82 Å². The van der Waals surface area contributed by atoms with Crippen LogP contribution in [0.4, 0.5) is 4.39 Å². The van der Waals surface area contributed by atoms with Gasteiger partial charge in [-0.25, -0.2) is 4.39 Å². The lowest BCUT2D eigenvalue weighted by atomic mass is 10.1. The van der Waals surface area contributed by atoms with E-state index in [1.165, 1.54) is 18.9 Å². The zero-order valence-electron chi connectivity index (χ0n) is 11.5. The normalized spacial score (nSPS) is 20.5. The first-order valence-corrected chi connectivity index (χ1v) is 7.47. The molecule has 1 aromatic rings. The maximum Gasteiger partial charge on any atom is 0.129 e. The number of halogens is 2. The summed E-state index contributed by atoms with van der Waals surface area (Å²) in [6, 6.07) is 5.52. The summed E-state index contributed by atoms with van der Waals surface area (Å²) in [7, 11) is 0. The topological polar surface area (TPSA) is 15.3 Å². The van der Waals surface area contributed by atoms with E-state index < -0.39 is 0 Å². The monoisotopic (exact) mass is 284 g/mol. The van der Waals surface area contributed by atoms with E-state index in [0.717, 1.165) is 31.6 Å². The number of benzene rings is 1. The van der Waals surface area contributed by atoms with Gasteiger partial charge in [-0.1, -0.05) is 24.6 Å². The van der Waals surface area contributed by atoms with Crippen LogP contribution < -0.4 is 5.32 Å². The van der Waals surface area contributed by atoms with Crippen LogP contribution in [0.2, 0.25) is 5.02 Å². The van der Waals surface area contributed by atoms with Crippen molar-refractivity contribution in [2.45, 2.75) is 38.8 Å². The lowest BCUT2D eigenvalue weighted by Gasteiger charge is -2.30. The second kappa shape index (κ2) is 7.22. The summed E-state index contributed by atoms with van der Waals surface area (Å²) < 4.78 is 13.9. The average Bonchev–Trinajstić information content (AvgIpc) is 2.67. The molecule has 4 heteroatoms. The van der Waals surface area contributed by atoms with Crippen molar-refractivity contribution in [1.82, 2.24) is 10.2 Å². The van der Waals surface area contributed by atoms with Crippen LogP contribution in [0.25, 0.3) is 0 Å². The molecule has 1 saturated heterocycles. The highest BCUT2D eigenvalue weighted by Crippen LogP contribution is 2.20. The zero-order valence-corrected chi connectivity index (χ0v) is 12.2. The lowest BCUT2D eigenvalue weighted by Crippen LogP contribution is -2.35. The van der Waals surface area contributed by atoms with Crippen molar-refractivity contribution in [2.75, 3.05) is 19.6 Å². The number of nitrogens with one attached hydrogen (secondary N) is 1. The molecule has 0 saturated carbocycles. The van der Waals surface area contributed by atoms with Crippen molar-refractivity contribution in [2.24, 2.45) is 0 Å². The molecule has 2 rings (SSSR count). The van der Waals surface area contributed by atoms with Gasteiger partial charge >= 0.3 is 0 Å². The van der Waals surface area contributed by atoms with Crippen LogP contribution in [0.5, 0.6) is 0 Å². The fourth-order valence-corrected chi connectivity index (χ4v) is 2.89. The molecule has 0 aromatic heterocycles. The van der Waals surface area contributed by atoms with E-state index in [1.54, 1.807) is 12.1 Å². The second-order valence-electron chi connectivity index (χ2n) is 5.13. The summed E-state index contributed by atoms with van der Waals surface area (Å²) >= 11 is 5.80. The minimum atomic E-state index is -0.197. The van der Waals surface area contributed by atoms with Crippen LogP contribution in [0.1, 0.15) is 31.7 Å². The minimum absolute atomic E-state index is 0.197. The Morgan fingerprint density at radius 2 is 2.21 bits per heavy atom. The van der Waals surface area contributed by atoms with E-state index in [-0.39, 0.29) is 5.82 Å². The third-order valence-electron chi connectivity index (χ3n) is 3.86. The molecule has 1 atom stereocenters. The van der Waals surface area contributed by atoms with Gasteiger partial charge in [-0.05, 0) is 51.0 Å². The molecule has 1 aliphatic heterocycles. The molecule has 2 nitrogen and oxygen atoms in total. The first-order valence-electron chi connectivity index (χ1n) is 7.09. The van der Waals surface area contributed by atoms with Gasteiger partial charge in [-0.3, -0.25) is 4.90 Å². The Labute approximate surface area is 119 Å². The number of hydrogen-bond donors (Lipinski definition) is 1. The first kappa shape index (κ1) is 14.8. The largest absolute Gasteiger partial charge is 0.317 e. The summed E-state index contributed by atoms with van der Waals surface area (Å²) in [5.41, 5.74) is 0.739. The molecule has 1 aromatic carbocycles. The maximum absolute atomic E-state index is 13.9. The Bertz CT molecular complexity index is 403. The molecule has 1 fully saturated rings. The molecule has 106 valence electrons. The quantitative estimate of drug-likeness (QED) is 0.911. The fourth-order valence-electron chi connectivity index (χ4n) is 2.73. The molecular formula is C15H22ClFN2. The standard InChI is InChI=1S/C15H22ClFN2/c1-2-19(14-4-3-8-18-9-7-14)11-12-5-6-13(16)10-15(12)17/h5-6,10,14,18H,2-4,7-9,11H2,1H3. The summed E-state index contributed by atoms with van der Waals surface area (Å²) in [5, 5.41) is 3.88. The van der Waals surface area contributed by atoms with Crippen molar-refractivity contribution in [1.29, 1.82) is 0 Å². The summed E-state index contributed by atoms with van der Waals surface area (Å²) in [5.74, 6) is -0.197. The average molecular weight is 285 g/mol. The second-order valence-corrected chi connectivity index (χ2v) is 5.57. The third-order valence-corrected chi connectivity index (χ3v) is 4.09. The fraction of sp³-hybridized carbons (Fsp3) is 0.600. The van der Waals surface area contributed by atoms with E-state index in [0.29, 0.717) is 17.6 Å². The van der Waals surface area contributed by atoms with E-state index in [4.69, 9.17) is 11.6 Å². The molecule has 0 aliphatic carbocycles. The van der Waals surface area contributed by atoms with Gasteiger partial charge in [0.15, 0.2) is 0 Å². The molecule has 0 bridgehead atoms. The highest BCUT2D eigenvalue weighted by Gasteiger charge is 2.19. The van der Waals surface area contributed by atoms with Gasteiger partial charge in [0.2, 0.25) is 0 Å². The molecule has 0 amide bonds. The third kappa shape index (κ3) is 4.16. The lowest BCUT2D eigenvalue weighted by molar-refractivity contribution is 0.180. The minimum Gasteiger partial charge on any atom is -0.317 e. The maximum atomic E-state index is 13.9. The van der Waals surface area contributed by atoms with Crippen molar-refractivity contribution in [3.63, 3.8) is 0 Å². The molecule has 0 spiro atoms. The molecule has 1 unspecified atom stereocenters. The molecule has 19 heavy (non-hydrogen) atoms. The van der Waals surface area contributed by atoms with Crippen molar-refractivity contribution in [3.05, 3.63) is 34.6 Å². The van der Waals surface area contributed by atoms with E-state index in [2.05, 4.69) is 17.1 Å². The van der Waals surface area contributed by atoms with Crippen molar-refractivity contribution < 1.29 is 4.39 Å². The highest BCUT2D eigenvalue weighted by molar-refractivity contribution is 6.30. The number of nitrogens with zero attached hydrogens (tertiary/aromatic N) is 1. The van der Waals surface area contributed by atoms with Crippen LogP contribution in [-0.4, -0.2) is 30.6 Å². The summed E-state index contributed by atoms with van der Waals surface area (Å²) in [6.45, 7) is 5.93. The van der Waals surface area contributed by atoms with E-state index in [9.17, 15) is 4.39 Å². The number of rotatable bonds is 4. The van der Waals surface area contributed by atoms with Crippen molar-refractivity contribution in [3.8, 4) is 0 Å². The van der Waals surface area contributed by atoms with Gasteiger partial charge in [-0.2, -0.15) is 0 Å². The molecule has 1 aliphatic rings. The SMILES string of the molecule is CCN(Cc1ccc(Cl)cc1F)C1CCCNCC1. The Morgan fingerprint density at radius 3 is 2.95 bits per heavy atom. The van der Waals surface area contributed by atoms with Crippen LogP contribution in [0.3, 0.4) is 0 Å². The molecule has 0 radical (unpaired) electrons. The molecule has 1 heterocycles. The Kier molecular flexibility index (Phi) is 5.61. The highest BCUT2D eigenvalue weighted by atomic mass is 35.5. The van der Waals surface area contributed by atoms with Gasteiger partial charge < -0.3 is 5.32 Å². The predicted octanol–water partition coefficient (Wildman–Crippen LogP) is 3.44. The van der Waals surface area contributed by atoms with Gasteiger partial charge in [-0.15, -0.1) is 0 Å². The van der Waals surface area contributed by atoms with E-state index >= 15 is 0 Å².